The quantitative estimate of drug-likeness (QED) is 0.858. The number of benzene rings is 1. The lowest BCUT2D eigenvalue weighted by Crippen LogP contribution is -2.06. The molecule has 1 aliphatic rings. The summed E-state index contributed by atoms with van der Waals surface area (Å²) in [5.74, 6) is 1.61. The molecule has 0 atom stereocenters. The molecule has 0 amide bonds. The number of anilines is 1. The minimum absolute atomic E-state index is 0.606. The second-order valence-corrected chi connectivity index (χ2v) is 6.19. The smallest absolute Gasteiger partial charge is 0.184 e. The predicted octanol–water partition coefficient (Wildman–Crippen LogP) is 3.55. The van der Waals surface area contributed by atoms with E-state index in [-0.39, 0.29) is 0 Å². The van der Waals surface area contributed by atoms with Gasteiger partial charge in [0.15, 0.2) is 5.82 Å². The van der Waals surface area contributed by atoms with Crippen molar-refractivity contribution >= 4 is 17.3 Å². The van der Waals surface area contributed by atoms with Gasteiger partial charge in [-0.2, -0.15) is 0 Å². The third-order valence-corrected chi connectivity index (χ3v) is 4.48. The van der Waals surface area contributed by atoms with Crippen molar-refractivity contribution in [1.82, 2.24) is 20.2 Å². The topological polar surface area (TPSA) is 69.6 Å². The van der Waals surface area contributed by atoms with Gasteiger partial charge < -0.3 is 5.73 Å². The van der Waals surface area contributed by atoms with Crippen LogP contribution in [0.3, 0.4) is 0 Å². The highest BCUT2D eigenvalue weighted by atomic mass is 35.5. The van der Waals surface area contributed by atoms with Crippen molar-refractivity contribution in [3.05, 3.63) is 23.2 Å². The highest BCUT2D eigenvalue weighted by Gasteiger charge is 2.16. The summed E-state index contributed by atoms with van der Waals surface area (Å²) in [6.07, 6.45) is 7.91. The van der Waals surface area contributed by atoms with E-state index < -0.39 is 0 Å². The highest BCUT2D eigenvalue weighted by molar-refractivity contribution is 6.31. The van der Waals surface area contributed by atoms with Crippen molar-refractivity contribution in [1.29, 1.82) is 0 Å². The van der Waals surface area contributed by atoms with Crippen LogP contribution in [0.1, 0.15) is 38.5 Å². The molecule has 1 aromatic heterocycles. The van der Waals surface area contributed by atoms with Gasteiger partial charge in [-0.3, -0.25) is 0 Å². The minimum atomic E-state index is 0.606. The SMILES string of the molecule is Nc1cc(Cl)ccc1-c1nnnn1CCCC1CCCC1. The maximum Gasteiger partial charge on any atom is 0.184 e. The van der Waals surface area contributed by atoms with E-state index in [1.165, 1.54) is 32.1 Å². The van der Waals surface area contributed by atoms with Crippen LogP contribution in [0.15, 0.2) is 18.2 Å². The van der Waals surface area contributed by atoms with Gasteiger partial charge in [-0.05, 0) is 47.4 Å². The molecule has 21 heavy (non-hydrogen) atoms. The summed E-state index contributed by atoms with van der Waals surface area (Å²) in [6, 6.07) is 5.41. The van der Waals surface area contributed by atoms with E-state index >= 15 is 0 Å². The zero-order valence-electron chi connectivity index (χ0n) is 12.0. The van der Waals surface area contributed by atoms with E-state index in [9.17, 15) is 0 Å². The Morgan fingerprint density at radius 3 is 2.86 bits per heavy atom. The molecule has 3 rings (SSSR count). The average molecular weight is 306 g/mol. The number of rotatable bonds is 5. The first-order valence-electron chi connectivity index (χ1n) is 7.55. The largest absolute Gasteiger partial charge is 0.398 e. The molecule has 6 heteroatoms. The lowest BCUT2D eigenvalue weighted by atomic mass is 10.0. The van der Waals surface area contributed by atoms with Crippen LogP contribution >= 0.6 is 11.6 Å². The lowest BCUT2D eigenvalue weighted by molar-refractivity contribution is 0.444. The number of tetrazole rings is 1. The Balaban J connectivity index is 1.68. The van der Waals surface area contributed by atoms with Gasteiger partial charge in [0.1, 0.15) is 0 Å². The molecule has 1 saturated carbocycles. The molecule has 5 nitrogen and oxygen atoms in total. The van der Waals surface area contributed by atoms with Crippen molar-refractivity contribution in [3.8, 4) is 11.4 Å². The Morgan fingerprint density at radius 1 is 1.29 bits per heavy atom. The van der Waals surface area contributed by atoms with Crippen LogP contribution in [0, 0.1) is 5.92 Å². The fourth-order valence-electron chi connectivity index (χ4n) is 3.11. The summed E-state index contributed by atoms with van der Waals surface area (Å²) in [5.41, 5.74) is 7.46. The van der Waals surface area contributed by atoms with E-state index in [1.807, 2.05) is 16.8 Å². The average Bonchev–Trinajstić information content (AvgIpc) is 3.11. The van der Waals surface area contributed by atoms with Gasteiger partial charge in [-0.1, -0.05) is 37.3 Å². The van der Waals surface area contributed by atoms with Crippen molar-refractivity contribution < 1.29 is 0 Å². The lowest BCUT2D eigenvalue weighted by Gasteiger charge is -2.10. The van der Waals surface area contributed by atoms with Crippen LogP contribution < -0.4 is 5.73 Å². The third-order valence-electron chi connectivity index (χ3n) is 4.24. The molecule has 2 N–H and O–H groups in total. The summed E-state index contributed by atoms with van der Waals surface area (Å²) in [6.45, 7) is 0.834. The number of nitrogens with two attached hydrogens (primary N) is 1. The molecule has 0 bridgehead atoms. The fourth-order valence-corrected chi connectivity index (χ4v) is 3.29. The molecule has 0 unspecified atom stereocenters. The van der Waals surface area contributed by atoms with E-state index in [2.05, 4.69) is 15.5 Å². The zero-order valence-corrected chi connectivity index (χ0v) is 12.8. The maximum atomic E-state index is 6.02. The summed E-state index contributed by atoms with van der Waals surface area (Å²) >= 11 is 5.94. The van der Waals surface area contributed by atoms with E-state index in [1.54, 1.807) is 6.07 Å². The molecule has 0 radical (unpaired) electrons. The zero-order chi connectivity index (χ0) is 14.7. The van der Waals surface area contributed by atoms with E-state index in [0.29, 0.717) is 10.7 Å². The molecule has 1 fully saturated rings. The molecular formula is C15H20ClN5. The molecule has 0 aliphatic heterocycles. The number of halogens is 1. The first-order valence-corrected chi connectivity index (χ1v) is 7.93. The summed E-state index contributed by atoms with van der Waals surface area (Å²) in [7, 11) is 0. The summed E-state index contributed by atoms with van der Waals surface area (Å²) in [5, 5.41) is 12.6. The van der Waals surface area contributed by atoms with Crippen molar-refractivity contribution in [2.75, 3.05) is 5.73 Å². The Kier molecular flexibility index (Phi) is 4.39. The van der Waals surface area contributed by atoms with Crippen LogP contribution in [-0.4, -0.2) is 20.2 Å². The first kappa shape index (κ1) is 14.3. The second kappa shape index (κ2) is 6.43. The standard InChI is InChI=1S/C15H20ClN5/c16-12-7-8-13(14(17)10-12)15-18-19-20-21(15)9-3-6-11-4-1-2-5-11/h7-8,10-11H,1-6,9,17H2. The summed E-state index contributed by atoms with van der Waals surface area (Å²) < 4.78 is 1.84. The molecule has 1 aromatic carbocycles. The molecule has 2 aromatic rings. The molecular weight excluding hydrogens is 286 g/mol. The van der Waals surface area contributed by atoms with Crippen LogP contribution in [0.4, 0.5) is 5.69 Å². The van der Waals surface area contributed by atoms with Crippen LogP contribution in [0.2, 0.25) is 5.02 Å². The Hall–Kier alpha value is -1.62. The Morgan fingerprint density at radius 2 is 2.10 bits per heavy atom. The van der Waals surface area contributed by atoms with Gasteiger partial charge in [-0.25, -0.2) is 4.68 Å². The molecule has 1 aliphatic carbocycles. The molecule has 0 saturated heterocycles. The van der Waals surface area contributed by atoms with Gasteiger partial charge in [0, 0.05) is 22.8 Å². The van der Waals surface area contributed by atoms with Gasteiger partial charge in [0.25, 0.3) is 0 Å². The minimum Gasteiger partial charge on any atom is -0.398 e. The van der Waals surface area contributed by atoms with Gasteiger partial charge in [0.05, 0.1) is 0 Å². The Labute approximate surface area is 129 Å². The number of aromatic nitrogens is 4. The second-order valence-electron chi connectivity index (χ2n) is 5.75. The monoisotopic (exact) mass is 305 g/mol. The predicted molar refractivity (Wildman–Crippen MR) is 83.9 cm³/mol. The van der Waals surface area contributed by atoms with E-state index in [4.69, 9.17) is 17.3 Å². The first-order chi connectivity index (χ1) is 10.2. The number of nitrogen functional groups attached to an aromatic ring is 1. The fraction of sp³-hybridized carbons (Fsp3) is 0.533. The summed E-state index contributed by atoms with van der Waals surface area (Å²) in [4.78, 5) is 0. The van der Waals surface area contributed by atoms with Crippen molar-refractivity contribution in [3.63, 3.8) is 0 Å². The number of aryl methyl sites for hydroxylation is 1. The Bertz CT molecular complexity index is 604. The number of hydrogen-bond donors (Lipinski definition) is 1. The van der Waals surface area contributed by atoms with Crippen molar-refractivity contribution in [2.45, 2.75) is 45.1 Å². The van der Waals surface area contributed by atoms with Crippen LogP contribution in [0.5, 0.6) is 0 Å². The third kappa shape index (κ3) is 3.35. The normalized spacial score (nSPS) is 15.7. The van der Waals surface area contributed by atoms with Gasteiger partial charge in [-0.15, -0.1) is 5.10 Å². The van der Waals surface area contributed by atoms with Crippen LogP contribution in [0.25, 0.3) is 11.4 Å². The van der Waals surface area contributed by atoms with Crippen molar-refractivity contribution in [2.24, 2.45) is 5.92 Å². The molecule has 112 valence electrons. The van der Waals surface area contributed by atoms with E-state index in [0.717, 1.165) is 30.3 Å². The van der Waals surface area contributed by atoms with Gasteiger partial charge >= 0.3 is 0 Å². The number of hydrogen-bond acceptors (Lipinski definition) is 4. The van der Waals surface area contributed by atoms with Gasteiger partial charge in [0.2, 0.25) is 0 Å². The maximum absolute atomic E-state index is 6.02. The molecule has 0 spiro atoms. The highest BCUT2D eigenvalue weighted by Crippen LogP contribution is 2.29. The number of nitrogens with zero attached hydrogens (tertiary/aromatic N) is 4. The van der Waals surface area contributed by atoms with Crippen LogP contribution in [-0.2, 0) is 6.54 Å². The molecule has 1 heterocycles.